The van der Waals surface area contributed by atoms with Gasteiger partial charge in [0.1, 0.15) is 11.6 Å². The molecule has 0 radical (unpaired) electrons. The van der Waals surface area contributed by atoms with Crippen molar-refractivity contribution in [3.63, 3.8) is 0 Å². The van der Waals surface area contributed by atoms with Crippen LogP contribution < -0.4 is 19.5 Å². The van der Waals surface area contributed by atoms with Crippen molar-refractivity contribution in [1.29, 1.82) is 0 Å². The van der Waals surface area contributed by atoms with Crippen LogP contribution in [0.15, 0.2) is 66.7 Å². The normalized spacial score (nSPS) is 13.3. The van der Waals surface area contributed by atoms with Crippen LogP contribution in [0.3, 0.4) is 0 Å². The second-order valence-electron chi connectivity index (χ2n) is 7.03. The van der Waals surface area contributed by atoms with Crippen molar-refractivity contribution >= 4 is 0 Å². The summed E-state index contributed by atoms with van der Waals surface area (Å²) in [5.74, 6) is 2.37. The van der Waals surface area contributed by atoms with Crippen molar-refractivity contribution in [3.05, 3.63) is 89.2 Å². The maximum atomic E-state index is 13.4. The van der Waals surface area contributed by atoms with Crippen LogP contribution in [0.4, 0.5) is 4.39 Å². The van der Waals surface area contributed by atoms with Crippen LogP contribution in [0.2, 0.25) is 0 Å². The summed E-state index contributed by atoms with van der Waals surface area (Å²) in [4.78, 5) is 0. The Kier molecular flexibility index (Phi) is 5.96. The molecule has 1 heterocycles. The first-order chi connectivity index (χ1) is 14.2. The Labute approximate surface area is 170 Å². The van der Waals surface area contributed by atoms with Gasteiger partial charge in [0.2, 0.25) is 6.79 Å². The highest BCUT2D eigenvalue weighted by atomic mass is 19.1. The molecule has 0 spiro atoms. The third-order valence-electron chi connectivity index (χ3n) is 5.17. The summed E-state index contributed by atoms with van der Waals surface area (Å²) < 4.78 is 29.5. The molecule has 29 heavy (non-hydrogen) atoms. The van der Waals surface area contributed by atoms with Gasteiger partial charge in [-0.05, 0) is 66.1 Å². The Balaban J connectivity index is 1.41. The summed E-state index contributed by atoms with van der Waals surface area (Å²) in [5.41, 5.74) is 3.43. The SMILES string of the molecule is COc1ccc([C@@H](CCNCc2ccc3c(c2)OCO3)c2ccc(F)cc2)cc1. The first-order valence-electron chi connectivity index (χ1n) is 9.71. The molecule has 0 fully saturated rings. The molecule has 1 aliphatic heterocycles. The lowest BCUT2D eigenvalue weighted by molar-refractivity contribution is 0.174. The van der Waals surface area contributed by atoms with E-state index in [4.69, 9.17) is 14.2 Å². The fourth-order valence-corrected chi connectivity index (χ4v) is 3.59. The lowest BCUT2D eigenvalue weighted by atomic mass is 9.88. The van der Waals surface area contributed by atoms with Crippen molar-refractivity contribution < 1.29 is 18.6 Å². The van der Waals surface area contributed by atoms with E-state index in [1.165, 1.54) is 17.7 Å². The van der Waals surface area contributed by atoms with Gasteiger partial charge in [-0.2, -0.15) is 0 Å². The summed E-state index contributed by atoms with van der Waals surface area (Å²) in [6, 6.07) is 20.8. The summed E-state index contributed by atoms with van der Waals surface area (Å²) in [6.45, 7) is 1.85. The van der Waals surface area contributed by atoms with Crippen LogP contribution in [0, 0.1) is 5.82 Å². The quantitative estimate of drug-likeness (QED) is 0.554. The molecule has 4 rings (SSSR count). The molecule has 0 aromatic heterocycles. The van der Waals surface area contributed by atoms with Gasteiger partial charge in [0, 0.05) is 12.5 Å². The smallest absolute Gasteiger partial charge is 0.231 e. The average Bonchev–Trinajstić information content (AvgIpc) is 3.23. The minimum absolute atomic E-state index is 0.172. The van der Waals surface area contributed by atoms with Gasteiger partial charge in [0.25, 0.3) is 0 Å². The van der Waals surface area contributed by atoms with E-state index in [2.05, 4.69) is 17.4 Å². The number of ether oxygens (including phenoxy) is 3. The van der Waals surface area contributed by atoms with E-state index >= 15 is 0 Å². The van der Waals surface area contributed by atoms with Crippen LogP contribution >= 0.6 is 0 Å². The minimum atomic E-state index is -0.219. The number of halogens is 1. The molecular formula is C24H24FNO3. The van der Waals surface area contributed by atoms with Gasteiger partial charge in [-0.3, -0.25) is 0 Å². The zero-order valence-corrected chi connectivity index (χ0v) is 16.4. The van der Waals surface area contributed by atoms with E-state index in [9.17, 15) is 4.39 Å². The summed E-state index contributed by atoms with van der Waals surface area (Å²) in [5, 5.41) is 3.50. The fraction of sp³-hybridized carbons (Fsp3) is 0.250. The molecule has 1 N–H and O–H groups in total. The number of hydrogen-bond acceptors (Lipinski definition) is 4. The van der Waals surface area contributed by atoms with Crippen LogP contribution in [0.25, 0.3) is 0 Å². The average molecular weight is 393 g/mol. The number of rotatable bonds is 8. The van der Waals surface area contributed by atoms with Crippen molar-refractivity contribution in [3.8, 4) is 17.2 Å². The summed E-state index contributed by atoms with van der Waals surface area (Å²) in [6.07, 6.45) is 0.891. The van der Waals surface area contributed by atoms with Gasteiger partial charge in [0.05, 0.1) is 7.11 Å². The maximum absolute atomic E-state index is 13.4. The predicted octanol–water partition coefficient (Wildman–Crippen LogP) is 4.87. The van der Waals surface area contributed by atoms with E-state index in [0.717, 1.165) is 47.9 Å². The standard InChI is InChI=1S/C24H24FNO3/c1-27-21-9-5-19(6-10-21)22(18-3-7-20(25)8-4-18)12-13-26-15-17-2-11-23-24(14-17)29-16-28-23/h2-11,14,22,26H,12-13,15-16H2,1H3/t22-/m0/s1. The molecule has 0 saturated carbocycles. The second-order valence-corrected chi connectivity index (χ2v) is 7.03. The van der Waals surface area contributed by atoms with Gasteiger partial charge in [-0.1, -0.05) is 30.3 Å². The van der Waals surface area contributed by atoms with Gasteiger partial charge < -0.3 is 19.5 Å². The fourth-order valence-electron chi connectivity index (χ4n) is 3.59. The molecule has 5 heteroatoms. The van der Waals surface area contributed by atoms with Crippen LogP contribution in [-0.2, 0) is 6.54 Å². The number of methoxy groups -OCH3 is 1. The zero-order valence-electron chi connectivity index (χ0n) is 16.4. The molecule has 0 bridgehead atoms. The Bertz CT molecular complexity index is 941. The lowest BCUT2D eigenvalue weighted by Crippen LogP contribution is -2.18. The number of fused-ring (bicyclic) bond motifs is 1. The predicted molar refractivity (Wildman–Crippen MR) is 110 cm³/mol. The molecular weight excluding hydrogens is 369 g/mol. The topological polar surface area (TPSA) is 39.7 Å². The Morgan fingerprint density at radius 2 is 1.62 bits per heavy atom. The molecule has 3 aromatic rings. The lowest BCUT2D eigenvalue weighted by Gasteiger charge is -2.19. The van der Waals surface area contributed by atoms with Crippen molar-refractivity contribution in [2.75, 3.05) is 20.4 Å². The highest BCUT2D eigenvalue weighted by Crippen LogP contribution is 2.32. The molecule has 0 aliphatic carbocycles. The Morgan fingerprint density at radius 1 is 0.931 bits per heavy atom. The largest absolute Gasteiger partial charge is 0.497 e. The Hall–Kier alpha value is -3.05. The third-order valence-corrected chi connectivity index (χ3v) is 5.17. The molecule has 1 atom stereocenters. The Morgan fingerprint density at radius 3 is 2.34 bits per heavy atom. The molecule has 0 amide bonds. The van der Waals surface area contributed by atoms with E-state index in [0.29, 0.717) is 0 Å². The van der Waals surface area contributed by atoms with Gasteiger partial charge in [-0.25, -0.2) is 4.39 Å². The van der Waals surface area contributed by atoms with Crippen molar-refractivity contribution in [1.82, 2.24) is 5.32 Å². The number of nitrogens with one attached hydrogen (secondary N) is 1. The van der Waals surface area contributed by atoms with Crippen LogP contribution in [-0.4, -0.2) is 20.4 Å². The summed E-state index contributed by atoms with van der Waals surface area (Å²) >= 11 is 0. The highest BCUT2D eigenvalue weighted by Gasteiger charge is 2.15. The molecule has 3 aromatic carbocycles. The number of benzene rings is 3. The van der Waals surface area contributed by atoms with E-state index in [-0.39, 0.29) is 18.5 Å². The van der Waals surface area contributed by atoms with Crippen LogP contribution in [0.5, 0.6) is 17.2 Å². The van der Waals surface area contributed by atoms with E-state index < -0.39 is 0 Å². The second kappa shape index (κ2) is 8.97. The van der Waals surface area contributed by atoms with Gasteiger partial charge in [-0.15, -0.1) is 0 Å². The first kappa shape index (κ1) is 19.3. The molecule has 0 saturated heterocycles. The monoisotopic (exact) mass is 393 g/mol. The zero-order chi connectivity index (χ0) is 20.1. The van der Waals surface area contributed by atoms with E-state index in [1.807, 2.05) is 42.5 Å². The van der Waals surface area contributed by atoms with Gasteiger partial charge >= 0.3 is 0 Å². The number of hydrogen-bond donors (Lipinski definition) is 1. The van der Waals surface area contributed by atoms with Gasteiger partial charge in [0.15, 0.2) is 11.5 Å². The minimum Gasteiger partial charge on any atom is -0.497 e. The molecule has 4 nitrogen and oxygen atoms in total. The first-order valence-corrected chi connectivity index (χ1v) is 9.71. The third kappa shape index (κ3) is 4.69. The summed E-state index contributed by atoms with van der Waals surface area (Å²) in [7, 11) is 1.66. The van der Waals surface area contributed by atoms with Crippen molar-refractivity contribution in [2.24, 2.45) is 0 Å². The van der Waals surface area contributed by atoms with Crippen LogP contribution in [0.1, 0.15) is 29.0 Å². The highest BCUT2D eigenvalue weighted by molar-refractivity contribution is 5.44. The van der Waals surface area contributed by atoms with Crippen molar-refractivity contribution in [2.45, 2.75) is 18.9 Å². The molecule has 150 valence electrons. The van der Waals surface area contributed by atoms with E-state index in [1.54, 1.807) is 7.11 Å². The molecule has 1 aliphatic rings. The molecule has 0 unspecified atom stereocenters. The maximum Gasteiger partial charge on any atom is 0.231 e.